The van der Waals surface area contributed by atoms with Crippen molar-refractivity contribution < 1.29 is 4.79 Å². The Labute approximate surface area is 144 Å². The quantitative estimate of drug-likeness (QED) is 0.693. The van der Waals surface area contributed by atoms with Gasteiger partial charge in [0.2, 0.25) is 0 Å². The Morgan fingerprint density at radius 2 is 2.12 bits per heavy atom. The summed E-state index contributed by atoms with van der Waals surface area (Å²) in [5.74, 6) is -0.0903. The molecule has 1 aliphatic heterocycles. The SMILES string of the molecule is Cc1cc(C(=O)N2CC[C@@H](n3c(=O)n(C)c4cccnc43)C2)nn1C. The summed E-state index contributed by atoms with van der Waals surface area (Å²) in [5, 5.41) is 4.26. The lowest BCUT2D eigenvalue weighted by Crippen LogP contribution is -2.32. The number of fused-ring (bicyclic) bond motifs is 1. The zero-order valence-corrected chi connectivity index (χ0v) is 14.5. The Morgan fingerprint density at radius 3 is 2.84 bits per heavy atom. The Hall–Kier alpha value is -2.90. The Bertz CT molecular complexity index is 1010. The molecular formula is C17H20N6O2. The van der Waals surface area contributed by atoms with E-state index in [-0.39, 0.29) is 17.6 Å². The molecule has 4 rings (SSSR count). The van der Waals surface area contributed by atoms with Crippen LogP contribution in [0.4, 0.5) is 0 Å². The van der Waals surface area contributed by atoms with Gasteiger partial charge in [-0.15, -0.1) is 0 Å². The van der Waals surface area contributed by atoms with Crippen LogP contribution in [0.2, 0.25) is 0 Å². The van der Waals surface area contributed by atoms with Crippen LogP contribution in [0.25, 0.3) is 11.2 Å². The predicted octanol–water partition coefficient (Wildman–Crippen LogP) is 0.864. The summed E-state index contributed by atoms with van der Waals surface area (Å²) in [6, 6.07) is 5.43. The highest BCUT2D eigenvalue weighted by Crippen LogP contribution is 2.25. The number of hydrogen-bond acceptors (Lipinski definition) is 4. The normalized spacial score (nSPS) is 17.6. The third kappa shape index (κ3) is 2.36. The molecule has 0 aromatic carbocycles. The average molecular weight is 340 g/mol. The minimum absolute atomic E-state index is 0.0696. The molecule has 0 unspecified atom stereocenters. The highest BCUT2D eigenvalue weighted by atomic mass is 16.2. The van der Waals surface area contributed by atoms with E-state index in [1.54, 1.807) is 38.0 Å². The molecule has 3 aromatic heterocycles. The first-order valence-corrected chi connectivity index (χ1v) is 8.29. The number of nitrogens with zero attached hydrogens (tertiary/aromatic N) is 6. The van der Waals surface area contributed by atoms with Crippen LogP contribution in [-0.4, -0.2) is 47.8 Å². The Morgan fingerprint density at radius 1 is 1.32 bits per heavy atom. The summed E-state index contributed by atoms with van der Waals surface area (Å²) in [4.78, 5) is 31.5. The highest BCUT2D eigenvalue weighted by Gasteiger charge is 2.31. The van der Waals surface area contributed by atoms with Gasteiger partial charge in [0.15, 0.2) is 11.3 Å². The third-order valence-electron chi connectivity index (χ3n) is 5.00. The molecule has 1 atom stereocenters. The molecule has 4 heterocycles. The number of imidazole rings is 1. The van der Waals surface area contributed by atoms with E-state index in [0.717, 1.165) is 17.6 Å². The summed E-state index contributed by atoms with van der Waals surface area (Å²) < 4.78 is 5.02. The first-order valence-electron chi connectivity index (χ1n) is 8.29. The van der Waals surface area contributed by atoms with Crippen LogP contribution < -0.4 is 5.69 Å². The minimum Gasteiger partial charge on any atom is -0.335 e. The number of aryl methyl sites for hydroxylation is 3. The van der Waals surface area contributed by atoms with Crippen molar-refractivity contribution >= 4 is 17.1 Å². The van der Waals surface area contributed by atoms with E-state index < -0.39 is 0 Å². The van der Waals surface area contributed by atoms with Gasteiger partial charge in [-0.05, 0) is 31.5 Å². The van der Waals surface area contributed by atoms with Crippen molar-refractivity contribution in [2.75, 3.05) is 13.1 Å². The monoisotopic (exact) mass is 340 g/mol. The maximum atomic E-state index is 12.7. The van der Waals surface area contributed by atoms with Gasteiger partial charge in [-0.25, -0.2) is 9.78 Å². The second-order valence-electron chi connectivity index (χ2n) is 6.55. The molecule has 0 bridgehead atoms. The summed E-state index contributed by atoms with van der Waals surface area (Å²) in [5.41, 5.74) is 2.76. The van der Waals surface area contributed by atoms with Crippen LogP contribution in [0.5, 0.6) is 0 Å². The van der Waals surface area contributed by atoms with Crippen molar-refractivity contribution in [3.05, 3.63) is 46.3 Å². The third-order valence-corrected chi connectivity index (χ3v) is 5.00. The number of carbonyl (C=O) groups excluding carboxylic acids is 1. The van der Waals surface area contributed by atoms with Crippen molar-refractivity contribution in [1.82, 2.24) is 28.8 Å². The van der Waals surface area contributed by atoms with Gasteiger partial charge < -0.3 is 4.90 Å². The van der Waals surface area contributed by atoms with Gasteiger partial charge in [0.1, 0.15) is 0 Å². The lowest BCUT2D eigenvalue weighted by molar-refractivity contribution is 0.0781. The van der Waals surface area contributed by atoms with Crippen LogP contribution in [0.3, 0.4) is 0 Å². The van der Waals surface area contributed by atoms with Crippen molar-refractivity contribution in [3.8, 4) is 0 Å². The van der Waals surface area contributed by atoms with Crippen molar-refractivity contribution in [2.24, 2.45) is 14.1 Å². The van der Waals surface area contributed by atoms with Crippen LogP contribution in [0.15, 0.2) is 29.2 Å². The standard InChI is InChI=1S/C17H20N6O2/c1-11-9-13(19-21(11)3)16(24)22-8-6-12(10-22)23-15-14(5-4-7-18-15)20(2)17(23)25/h4-5,7,9,12H,6,8,10H2,1-3H3/t12-/m1/s1. The van der Waals surface area contributed by atoms with Crippen LogP contribution in [0.1, 0.15) is 28.6 Å². The van der Waals surface area contributed by atoms with Crippen molar-refractivity contribution in [2.45, 2.75) is 19.4 Å². The number of rotatable bonds is 2. The van der Waals surface area contributed by atoms with Crippen LogP contribution in [0, 0.1) is 6.92 Å². The Balaban J connectivity index is 1.64. The summed E-state index contributed by atoms with van der Waals surface area (Å²) in [7, 11) is 3.57. The van der Waals surface area contributed by atoms with Gasteiger partial charge in [0, 0.05) is 39.1 Å². The molecule has 130 valence electrons. The maximum absolute atomic E-state index is 12.7. The van der Waals surface area contributed by atoms with Gasteiger partial charge in [0.05, 0.1) is 11.6 Å². The first kappa shape index (κ1) is 15.6. The maximum Gasteiger partial charge on any atom is 0.330 e. The van der Waals surface area contributed by atoms with E-state index in [1.807, 2.05) is 26.1 Å². The van der Waals surface area contributed by atoms with E-state index in [9.17, 15) is 9.59 Å². The van der Waals surface area contributed by atoms with Gasteiger partial charge in [0.25, 0.3) is 5.91 Å². The lowest BCUT2D eigenvalue weighted by Gasteiger charge is -2.15. The fourth-order valence-corrected chi connectivity index (χ4v) is 3.48. The summed E-state index contributed by atoms with van der Waals surface area (Å²) in [6.07, 6.45) is 2.42. The molecule has 0 N–H and O–H groups in total. The summed E-state index contributed by atoms with van der Waals surface area (Å²) >= 11 is 0. The number of pyridine rings is 1. The highest BCUT2D eigenvalue weighted by molar-refractivity contribution is 5.92. The van der Waals surface area contributed by atoms with E-state index in [4.69, 9.17) is 0 Å². The lowest BCUT2D eigenvalue weighted by atomic mass is 10.2. The smallest absolute Gasteiger partial charge is 0.330 e. The van der Waals surface area contributed by atoms with E-state index in [0.29, 0.717) is 24.4 Å². The van der Waals surface area contributed by atoms with Gasteiger partial charge >= 0.3 is 5.69 Å². The number of hydrogen-bond donors (Lipinski definition) is 0. The van der Waals surface area contributed by atoms with Gasteiger partial charge in [-0.2, -0.15) is 5.10 Å². The number of aromatic nitrogens is 5. The molecule has 1 fully saturated rings. The van der Waals surface area contributed by atoms with E-state index in [1.165, 1.54) is 0 Å². The number of likely N-dealkylation sites (tertiary alicyclic amines) is 1. The zero-order valence-electron chi connectivity index (χ0n) is 14.5. The topological polar surface area (TPSA) is 78.0 Å². The first-order chi connectivity index (χ1) is 12.0. The van der Waals surface area contributed by atoms with Crippen LogP contribution >= 0.6 is 0 Å². The van der Waals surface area contributed by atoms with E-state index >= 15 is 0 Å². The number of amides is 1. The number of carbonyl (C=O) groups is 1. The molecule has 25 heavy (non-hydrogen) atoms. The zero-order chi connectivity index (χ0) is 17.7. The molecule has 0 radical (unpaired) electrons. The molecule has 0 spiro atoms. The van der Waals surface area contributed by atoms with E-state index in [2.05, 4.69) is 10.1 Å². The predicted molar refractivity (Wildman–Crippen MR) is 92.5 cm³/mol. The van der Waals surface area contributed by atoms with Gasteiger partial charge in [-0.3, -0.25) is 18.6 Å². The van der Waals surface area contributed by atoms with Crippen molar-refractivity contribution in [3.63, 3.8) is 0 Å². The average Bonchev–Trinajstić information content (AvgIpc) is 3.27. The molecule has 3 aromatic rings. The Kier molecular flexibility index (Phi) is 3.48. The summed E-state index contributed by atoms with van der Waals surface area (Å²) in [6.45, 7) is 3.01. The second kappa shape index (κ2) is 5.58. The molecule has 1 saturated heterocycles. The molecular weight excluding hydrogens is 320 g/mol. The fraction of sp³-hybridized carbons (Fsp3) is 0.412. The van der Waals surface area contributed by atoms with Crippen molar-refractivity contribution in [1.29, 1.82) is 0 Å². The molecule has 1 amide bonds. The largest absolute Gasteiger partial charge is 0.335 e. The molecule has 0 saturated carbocycles. The van der Waals surface area contributed by atoms with Gasteiger partial charge in [-0.1, -0.05) is 0 Å². The minimum atomic E-state index is -0.0957. The second-order valence-corrected chi connectivity index (χ2v) is 6.55. The molecule has 8 heteroatoms. The fourth-order valence-electron chi connectivity index (χ4n) is 3.48. The molecule has 8 nitrogen and oxygen atoms in total. The van der Waals surface area contributed by atoms with Crippen LogP contribution in [-0.2, 0) is 14.1 Å². The molecule has 1 aliphatic rings. The molecule has 0 aliphatic carbocycles.